The molecule has 4 rings (SSSR count). The van der Waals surface area contributed by atoms with E-state index >= 15 is 0 Å². The molecule has 0 aliphatic heterocycles. The maximum absolute atomic E-state index is 13.1. The normalized spacial score (nSPS) is 11.9. The number of nitrogens with one attached hydrogen (secondary N) is 1. The number of hydrogen-bond donors (Lipinski definition) is 2. The molecule has 3 aromatic rings. The zero-order valence-corrected chi connectivity index (χ0v) is 20.7. The van der Waals surface area contributed by atoms with Crippen molar-refractivity contribution in [3.63, 3.8) is 0 Å². The van der Waals surface area contributed by atoms with E-state index in [0.717, 1.165) is 22.3 Å². The zero-order valence-electron chi connectivity index (χ0n) is 19.2. The van der Waals surface area contributed by atoms with Crippen LogP contribution in [0.25, 0.3) is 11.1 Å². The van der Waals surface area contributed by atoms with Gasteiger partial charge in [-0.2, -0.15) is 0 Å². The summed E-state index contributed by atoms with van der Waals surface area (Å²) >= 11 is 3.37. The third kappa shape index (κ3) is 5.38. The number of carbonyl (C=O) groups is 3. The van der Waals surface area contributed by atoms with E-state index in [4.69, 9.17) is 9.84 Å². The predicted octanol–water partition coefficient (Wildman–Crippen LogP) is 5.75. The van der Waals surface area contributed by atoms with Gasteiger partial charge in [0.2, 0.25) is 0 Å². The molecule has 0 heterocycles. The largest absolute Gasteiger partial charge is 0.481 e. The average molecular weight is 537 g/mol. The number of amides is 2. The van der Waals surface area contributed by atoms with Gasteiger partial charge in [0.1, 0.15) is 6.61 Å². The van der Waals surface area contributed by atoms with Gasteiger partial charge in [-0.1, -0.05) is 64.5 Å². The fourth-order valence-electron chi connectivity index (χ4n) is 4.36. The number of hydrogen-bond acceptors (Lipinski definition) is 4. The SMILES string of the molecule is CCN(CCC(=O)O)C(=O)c1ccc(Br)cc1NC(=O)OCC1c2ccccc2-c2ccccc21. The Kier molecular flexibility index (Phi) is 7.51. The molecule has 0 spiro atoms. The van der Waals surface area contributed by atoms with Crippen LogP contribution in [0, 0.1) is 0 Å². The molecule has 0 fully saturated rings. The maximum atomic E-state index is 13.1. The quantitative estimate of drug-likeness (QED) is 0.382. The van der Waals surface area contributed by atoms with Crippen LogP contribution in [0.2, 0.25) is 0 Å². The lowest BCUT2D eigenvalue weighted by Crippen LogP contribution is -2.33. The highest BCUT2D eigenvalue weighted by atomic mass is 79.9. The molecule has 35 heavy (non-hydrogen) atoms. The Balaban J connectivity index is 1.49. The van der Waals surface area contributed by atoms with Crippen LogP contribution in [-0.2, 0) is 9.53 Å². The molecule has 0 atom stereocenters. The van der Waals surface area contributed by atoms with Crippen LogP contribution in [0.3, 0.4) is 0 Å². The zero-order chi connectivity index (χ0) is 24.9. The summed E-state index contributed by atoms with van der Waals surface area (Å²) in [5.74, 6) is -1.43. The molecule has 0 radical (unpaired) electrons. The van der Waals surface area contributed by atoms with Crippen LogP contribution in [0.5, 0.6) is 0 Å². The number of carbonyl (C=O) groups excluding carboxylic acids is 2. The van der Waals surface area contributed by atoms with Crippen molar-refractivity contribution in [2.75, 3.05) is 25.0 Å². The Morgan fingerprint density at radius 3 is 2.23 bits per heavy atom. The van der Waals surface area contributed by atoms with Gasteiger partial charge < -0.3 is 14.7 Å². The van der Waals surface area contributed by atoms with Crippen molar-refractivity contribution < 1.29 is 24.2 Å². The van der Waals surface area contributed by atoms with Crippen molar-refractivity contribution in [1.29, 1.82) is 0 Å². The second-order valence-electron chi connectivity index (χ2n) is 8.17. The first-order chi connectivity index (χ1) is 16.9. The summed E-state index contributed by atoms with van der Waals surface area (Å²) in [6.07, 6.45) is -0.835. The molecule has 3 aromatic carbocycles. The molecule has 180 valence electrons. The second kappa shape index (κ2) is 10.7. The van der Waals surface area contributed by atoms with Crippen LogP contribution in [0.4, 0.5) is 10.5 Å². The van der Waals surface area contributed by atoms with Gasteiger partial charge in [0.05, 0.1) is 17.7 Å². The summed E-state index contributed by atoms with van der Waals surface area (Å²) in [4.78, 5) is 38.2. The van der Waals surface area contributed by atoms with E-state index in [0.29, 0.717) is 11.0 Å². The van der Waals surface area contributed by atoms with E-state index in [9.17, 15) is 14.4 Å². The maximum Gasteiger partial charge on any atom is 0.411 e. The smallest absolute Gasteiger partial charge is 0.411 e. The minimum atomic E-state index is -0.982. The van der Waals surface area contributed by atoms with Gasteiger partial charge in [0.25, 0.3) is 5.91 Å². The molecule has 2 amide bonds. The standard InChI is InChI=1S/C27H25BrN2O5/c1-2-30(14-13-25(31)32)26(33)22-12-11-17(28)15-24(22)29-27(34)35-16-23-20-9-5-3-7-18(20)19-8-4-6-10-21(19)23/h3-12,15,23H,2,13-14,16H2,1H3,(H,29,34)(H,31,32). The monoisotopic (exact) mass is 536 g/mol. The molecule has 0 bridgehead atoms. The van der Waals surface area contributed by atoms with Gasteiger partial charge in [-0.3, -0.25) is 14.9 Å². The fourth-order valence-corrected chi connectivity index (χ4v) is 4.72. The fraction of sp³-hybridized carbons (Fsp3) is 0.222. The molecule has 1 aliphatic carbocycles. The number of nitrogens with zero attached hydrogens (tertiary/aromatic N) is 1. The van der Waals surface area contributed by atoms with E-state index < -0.39 is 12.1 Å². The number of halogens is 1. The average Bonchev–Trinajstić information content (AvgIpc) is 3.16. The van der Waals surface area contributed by atoms with E-state index in [1.807, 2.05) is 36.4 Å². The lowest BCUT2D eigenvalue weighted by Gasteiger charge is -2.22. The van der Waals surface area contributed by atoms with E-state index in [2.05, 4.69) is 33.4 Å². The number of aliphatic carboxylic acids is 1. The van der Waals surface area contributed by atoms with Gasteiger partial charge in [-0.25, -0.2) is 4.79 Å². The van der Waals surface area contributed by atoms with Crippen molar-refractivity contribution in [2.24, 2.45) is 0 Å². The van der Waals surface area contributed by atoms with Crippen molar-refractivity contribution >= 4 is 39.6 Å². The van der Waals surface area contributed by atoms with Crippen molar-refractivity contribution in [3.05, 3.63) is 87.9 Å². The number of ether oxygens (including phenoxy) is 1. The summed E-state index contributed by atoms with van der Waals surface area (Å²) in [5, 5.41) is 11.7. The molecule has 1 aliphatic rings. The van der Waals surface area contributed by atoms with Crippen LogP contribution in [-0.4, -0.2) is 47.7 Å². The molecular weight excluding hydrogens is 512 g/mol. The summed E-state index contributed by atoms with van der Waals surface area (Å²) in [7, 11) is 0. The van der Waals surface area contributed by atoms with Gasteiger partial charge in [0, 0.05) is 23.5 Å². The first-order valence-electron chi connectivity index (χ1n) is 11.3. The van der Waals surface area contributed by atoms with Crippen LogP contribution < -0.4 is 5.32 Å². The van der Waals surface area contributed by atoms with Gasteiger partial charge >= 0.3 is 12.1 Å². The highest BCUT2D eigenvalue weighted by Crippen LogP contribution is 2.44. The predicted molar refractivity (Wildman–Crippen MR) is 137 cm³/mol. The van der Waals surface area contributed by atoms with Crippen molar-refractivity contribution in [3.8, 4) is 11.1 Å². The molecule has 0 saturated heterocycles. The van der Waals surface area contributed by atoms with E-state index in [1.54, 1.807) is 25.1 Å². The molecule has 8 heteroatoms. The van der Waals surface area contributed by atoms with Crippen molar-refractivity contribution in [2.45, 2.75) is 19.3 Å². The Hall–Kier alpha value is -3.65. The Morgan fingerprint density at radius 1 is 1.00 bits per heavy atom. The number of carboxylic acids is 1. The van der Waals surface area contributed by atoms with Gasteiger partial charge in [-0.05, 0) is 47.4 Å². The third-order valence-corrected chi connectivity index (χ3v) is 6.55. The highest BCUT2D eigenvalue weighted by Gasteiger charge is 2.29. The molecule has 7 nitrogen and oxygen atoms in total. The first-order valence-corrected chi connectivity index (χ1v) is 12.1. The minimum Gasteiger partial charge on any atom is -0.481 e. The van der Waals surface area contributed by atoms with E-state index in [1.165, 1.54) is 4.90 Å². The number of benzene rings is 3. The first kappa shape index (κ1) is 24.5. The third-order valence-electron chi connectivity index (χ3n) is 6.06. The van der Waals surface area contributed by atoms with E-state index in [-0.39, 0.29) is 42.6 Å². The Bertz CT molecular complexity index is 1230. The lowest BCUT2D eigenvalue weighted by atomic mass is 9.98. The van der Waals surface area contributed by atoms with Crippen LogP contribution in [0.1, 0.15) is 40.7 Å². The molecule has 2 N–H and O–H groups in total. The van der Waals surface area contributed by atoms with Crippen LogP contribution in [0.15, 0.2) is 71.2 Å². The summed E-state index contributed by atoms with van der Waals surface area (Å²) in [5.41, 5.74) is 5.04. The number of rotatable bonds is 8. The summed E-state index contributed by atoms with van der Waals surface area (Å²) < 4.78 is 6.29. The summed E-state index contributed by atoms with van der Waals surface area (Å²) in [6.45, 7) is 2.34. The molecule has 0 unspecified atom stereocenters. The van der Waals surface area contributed by atoms with Crippen LogP contribution >= 0.6 is 15.9 Å². The molecule has 0 saturated carbocycles. The topological polar surface area (TPSA) is 95.9 Å². The highest BCUT2D eigenvalue weighted by molar-refractivity contribution is 9.10. The number of fused-ring (bicyclic) bond motifs is 3. The lowest BCUT2D eigenvalue weighted by molar-refractivity contribution is -0.137. The summed E-state index contributed by atoms with van der Waals surface area (Å²) in [6, 6.07) is 21.1. The molecule has 0 aromatic heterocycles. The second-order valence-corrected chi connectivity index (χ2v) is 9.08. The minimum absolute atomic E-state index is 0.0745. The Morgan fingerprint density at radius 2 is 1.63 bits per heavy atom. The van der Waals surface area contributed by atoms with Gasteiger partial charge in [-0.15, -0.1) is 0 Å². The van der Waals surface area contributed by atoms with Crippen molar-refractivity contribution in [1.82, 2.24) is 4.90 Å². The Labute approximate surface area is 211 Å². The number of anilines is 1. The van der Waals surface area contributed by atoms with Gasteiger partial charge in [0.15, 0.2) is 0 Å². The number of carboxylic acid groups (broad SMARTS) is 1. The molecular formula is C27H25BrN2O5.